The van der Waals surface area contributed by atoms with E-state index >= 15 is 0 Å². The van der Waals surface area contributed by atoms with Crippen molar-refractivity contribution in [2.45, 2.75) is 51.4 Å². The average Bonchev–Trinajstić information content (AvgIpc) is 3.28. The number of alkyl halides is 3. The normalized spacial score (nSPS) is 25.5. The van der Waals surface area contributed by atoms with Gasteiger partial charge < -0.3 is 14.4 Å². The monoisotopic (exact) mass is 373 g/mol. The van der Waals surface area contributed by atoms with Crippen LogP contribution in [0, 0.1) is 11.8 Å². The predicted molar refractivity (Wildman–Crippen MR) is 85.5 cm³/mol. The maximum Gasteiger partial charge on any atom is 0.434 e. The number of carbonyl (C=O) groups excluding carboxylic acids is 1. The molecule has 2 heterocycles. The van der Waals surface area contributed by atoms with Crippen molar-refractivity contribution >= 4 is 6.09 Å². The number of hydrogen-bond acceptors (Lipinski definition) is 5. The summed E-state index contributed by atoms with van der Waals surface area (Å²) in [6.07, 6.45) is -1.48. The van der Waals surface area contributed by atoms with Crippen LogP contribution in [0.3, 0.4) is 0 Å². The minimum atomic E-state index is -4.54. The summed E-state index contributed by atoms with van der Waals surface area (Å²) in [6.45, 7) is 6.17. The molecule has 6 nitrogen and oxygen atoms in total. The first-order chi connectivity index (χ1) is 12.0. The van der Waals surface area contributed by atoms with Crippen molar-refractivity contribution in [1.29, 1.82) is 0 Å². The molecule has 1 saturated carbocycles. The molecule has 3 atom stereocenters. The van der Waals surface area contributed by atoms with Gasteiger partial charge in [0.15, 0.2) is 5.69 Å². The molecule has 3 rings (SSSR count). The van der Waals surface area contributed by atoms with Crippen LogP contribution in [0.25, 0.3) is 0 Å². The van der Waals surface area contributed by atoms with Gasteiger partial charge in [0, 0.05) is 6.54 Å². The molecule has 1 aromatic heterocycles. The Hall–Kier alpha value is -2.06. The zero-order chi connectivity index (χ0) is 19.1. The summed E-state index contributed by atoms with van der Waals surface area (Å²) in [4.78, 5) is 21.1. The fourth-order valence-electron chi connectivity index (χ4n) is 3.12. The number of likely N-dealkylation sites (tertiary alicyclic amines) is 1. The van der Waals surface area contributed by atoms with E-state index in [0.29, 0.717) is 24.6 Å². The van der Waals surface area contributed by atoms with Crippen LogP contribution in [-0.2, 0) is 10.9 Å². The van der Waals surface area contributed by atoms with Gasteiger partial charge in [-0.3, -0.25) is 0 Å². The molecule has 26 heavy (non-hydrogen) atoms. The number of fused-ring (bicyclic) bond motifs is 1. The second-order valence-electron chi connectivity index (χ2n) is 7.83. The maximum absolute atomic E-state index is 12.5. The van der Waals surface area contributed by atoms with Crippen molar-refractivity contribution in [3.63, 3.8) is 0 Å². The second-order valence-corrected chi connectivity index (χ2v) is 7.83. The quantitative estimate of drug-likeness (QED) is 0.811. The third-order valence-electron chi connectivity index (χ3n) is 4.49. The number of hydrogen-bond donors (Lipinski definition) is 0. The van der Waals surface area contributed by atoms with Gasteiger partial charge in [0.25, 0.3) is 0 Å². The summed E-state index contributed by atoms with van der Waals surface area (Å²) in [6, 6.07) is -0.197. The topological polar surface area (TPSA) is 64.5 Å². The van der Waals surface area contributed by atoms with E-state index < -0.39 is 23.6 Å². The Bertz CT molecular complexity index is 658. The Kier molecular flexibility index (Phi) is 4.74. The lowest BCUT2D eigenvalue weighted by Crippen LogP contribution is -2.49. The number of carbonyl (C=O) groups is 1. The molecule has 2 aliphatic rings. The minimum Gasteiger partial charge on any atom is -0.474 e. The largest absolute Gasteiger partial charge is 0.474 e. The van der Waals surface area contributed by atoms with Gasteiger partial charge in [0.1, 0.15) is 12.2 Å². The molecule has 1 aromatic rings. The van der Waals surface area contributed by atoms with Crippen molar-refractivity contribution in [1.82, 2.24) is 14.9 Å². The number of ether oxygens (including phenoxy) is 2. The lowest BCUT2D eigenvalue weighted by molar-refractivity contribution is -0.141. The highest BCUT2D eigenvalue weighted by molar-refractivity contribution is 5.69. The first-order valence-electron chi connectivity index (χ1n) is 8.54. The highest BCUT2D eigenvalue weighted by atomic mass is 19.4. The Morgan fingerprint density at radius 1 is 1.19 bits per heavy atom. The van der Waals surface area contributed by atoms with Crippen molar-refractivity contribution in [2.24, 2.45) is 11.8 Å². The summed E-state index contributed by atoms with van der Waals surface area (Å²) in [7, 11) is 0. The SMILES string of the molecule is CC(C)(C)OC(=O)N1CC2CC2CC1COc1cnc(C(F)(F)F)cn1. The lowest BCUT2D eigenvalue weighted by Gasteiger charge is -2.36. The van der Waals surface area contributed by atoms with Crippen molar-refractivity contribution < 1.29 is 27.4 Å². The zero-order valence-electron chi connectivity index (χ0n) is 14.9. The molecule has 9 heteroatoms. The van der Waals surface area contributed by atoms with Crippen LogP contribution in [0.5, 0.6) is 5.88 Å². The van der Waals surface area contributed by atoms with Crippen LogP contribution in [0.15, 0.2) is 12.4 Å². The molecule has 1 aliphatic heterocycles. The van der Waals surface area contributed by atoms with Gasteiger partial charge in [-0.05, 0) is 45.4 Å². The number of aromatic nitrogens is 2. The number of rotatable bonds is 3. The summed E-state index contributed by atoms with van der Waals surface area (Å²) in [5, 5.41) is 0. The van der Waals surface area contributed by atoms with E-state index in [1.165, 1.54) is 0 Å². The van der Waals surface area contributed by atoms with Crippen molar-refractivity contribution in [3.05, 3.63) is 18.1 Å². The maximum atomic E-state index is 12.5. The van der Waals surface area contributed by atoms with Crippen LogP contribution in [-0.4, -0.2) is 45.8 Å². The van der Waals surface area contributed by atoms with Gasteiger partial charge in [-0.25, -0.2) is 14.8 Å². The summed E-state index contributed by atoms with van der Waals surface area (Å²) >= 11 is 0. The highest BCUT2D eigenvalue weighted by Crippen LogP contribution is 2.47. The van der Waals surface area contributed by atoms with E-state index in [1.54, 1.807) is 25.7 Å². The smallest absolute Gasteiger partial charge is 0.434 e. The summed E-state index contributed by atoms with van der Waals surface area (Å²) in [5.74, 6) is 1.07. The fraction of sp³-hybridized carbons (Fsp3) is 0.706. The standard InChI is InChI=1S/C17H22F3N3O3/c1-16(2,3)26-15(24)23-8-11-4-10(11)5-12(23)9-25-14-7-21-13(6-22-14)17(18,19)20/h6-7,10-12H,4-5,8-9H2,1-3H3. The van der Waals surface area contributed by atoms with Crippen LogP contribution >= 0.6 is 0 Å². The van der Waals surface area contributed by atoms with E-state index in [0.717, 1.165) is 19.0 Å². The molecule has 3 unspecified atom stereocenters. The summed E-state index contributed by atoms with van der Waals surface area (Å²) < 4.78 is 48.5. The van der Waals surface area contributed by atoms with Gasteiger partial charge in [-0.2, -0.15) is 13.2 Å². The Balaban J connectivity index is 1.62. The van der Waals surface area contributed by atoms with E-state index in [4.69, 9.17) is 9.47 Å². The summed E-state index contributed by atoms with van der Waals surface area (Å²) in [5.41, 5.74) is -1.67. The molecule has 0 bridgehead atoms. The predicted octanol–water partition coefficient (Wildman–Crippen LogP) is 3.52. The third kappa shape index (κ3) is 4.56. The van der Waals surface area contributed by atoms with Crippen LogP contribution < -0.4 is 4.74 Å². The highest BCUT2D eigenvalue weighted by Gasteiger charge is 2.48. The third-order valence-corrected chi connectivity index (χ3v) is 4.49. The molecular formula is C17H22F3N3O3. The van der Waals surface area contributed by atoms with Crippen molar-refractivity contribution in [3.8, 4) is 5.88 Å². The van der Waals surface area contributed by atoms with E-state index in [-0.39, 0.29) is 18.5 Å². The minimum absolute atomic E-state index is 0.0000548. The number of amides is 1. The molecule has 0 aromatic carbocycles. The van der Waals surface area contributed by atoms with E-state index in [2.05, 4.69) is 9.97 Å². The zero-order valence-corrected chi connectivity index (χ0v) is 14.9. The molecule has 1 amide bonds. The average molecular weight is 373 g/mol. The van der Waals surface area contributed by atoms with E-state index in [9.17, 15) is 18.0 Å². The first kappa shape index (κ1) is 18.7. The van der Waals surface area contributed by atoms with Gasteiger partial charge in [0.2, 0.25) is 5.88 Å². The number of halogens is 3. The first-order valence-corrected chi connectivity index (χ1v) is 8.54. The second kappa shape index (κ2) is 6.59. The molecule has 0 spiro atoms. The molecule has 1 saturated heterocycles. The number of nitrogens with zero attached hydrogens (tertiary/aromatic N) is 3. The van der Waals surface area contributed by atoms with Crippen LogP contribution in [0.2, 0.25) is 0 Å². The van der Waals surface area contributed by atoms with Gasteiger partial charge in [-0.15, -0.1) is 0 Å². The molecule has 0 N–H and O–H groups in total. The van der Waals surface area contributed by atoms with Gasteiger partial charge in [-0.1, -0.05) is 0 Å². The lowest BCUT2D eigenvalue weighted by atomic mass is 10.0. The van der Waals surface area contributed by atoms with Gasteiger partial charge >= 0.3 is 12.3 Å². The molecule has 144 valence electrons. The Morgan fingerprint density at radius 2 is 1.92 bits per heavy atom. The van der Waals surface area contributed by atoms with Crippen LogP contribution in [0.4, 0.5) is 18.0 Å². The van der Waals surface area contributed by atoms with Crippen LogP contribution in [0.1, 0.15) is 39.3 Å². The Labute approximate surface area is 149 Å². The Morgan fingerprint density at radius 3 is 2.50 bits per heavy atom. The van der Waals surface area contributed by atoms with E-state index in [1.807, 2.05) is 0 Å². The number of piperidine rings is 1. The molecule has 2 fully saturated rings. The van der Waals surface area contributed by atoms with Crippen molar-refractivity contribution in [2.75, 3.05) is 13.2 Å². The van der Waals surface area contributed by atoms with Gasteiger partial charge in [0.05, 0.1) is 18.4 Å². The fourth-order valence-corrected chi connectivity index (χ4v) is 3.12. The molecule has 1 aliphatic carbocycles. The molecular weight excluding hydrogens is 351 g/mol. The molecule has 0 radical (unpaired) electrons.